The number of carbonyl (C=O) groups is 6. The summed E-state index contributed by atoms with van der Waals surface area (Å²) in [5.74, 6) is 1.49. The van der Waals surface area contributed by atoms with E-state index in [1.54, 1.807) is 91.8 Å². The highest BCUT2D eigenvalue weighted by atomic mass is 16.2. The van der Waals surface area contributed by atoms with Gasteiger partial charge in [-0.05, 0) is 193 Å². The summed E-state index contributed by atoms with van der Waals surface area (Å²) < 4.78 is 0. The molecule has 0 atom stereocenters. The first kappa shape index (κ1) is 94.0. The Labute approximate surface area is 637 Å². The zero-order chi connectivity index (χ0) is 80.7. The number of pyridine rings is 3. The minimum Gasteiger partial charge on any atom is -0.350 e. The summed E-state index contributed by atoms with van der Waals surface area (Å²) in [7, 11) is 4.29. The van der Waals surface area contributed by atoms with Crippen LogP contribution in [-0.2, 0) is 0 Å². The van der Waals surface area contributed by atoms with Gasteiger partial charge in [-0.25, -0.2) is 15.0 Å². The highest BCUT2D eigenvalue weighted by molar-refractivity contribution is 6.38. The minimum atomic E-state index is -0.882. The van der Waals surface area contributed by atoms with Gasteiger partial charge in [-0.15, -0.1) is 0 Å². The summed E-state index contributed by atoms with van der Waals surface area (Å²) in [6, 6.07) is 47.9. The van der Waals surface area contributed by atoms with Crippen LogP contribution in [0.25, 0.3) is 0 Å². The lowest BCUT2D eigenvalue weighted by molar-refractivity contribution is 0.0790. The van der Waals surface area contributed by atoms with Gasteiger partial charge in [-0.3, -0.25) is 28.8 Å². The molecule has 19 nitrogen and oxygen atoms in total. The molecule has 4 N–H and O–H groups in total. The molecular formula is C85H119B2N13O6. The quantitative estimate of drug-likeness (QED) is 0.0583. The largest absolute Gasteiger partial charge is 0.350 e. The molecule has 0 unspecified atom stereocenters. The molecule has 5 heterocycles. The average Bonchev–Trinajstić information content (AvgIpc) is 1.60. The first-order valence-corrected chi connectivity index (χ1v) is 37.1. The van der Waals surface area contributed by atoms with Gasteiger partial charge < -0.3 is 31.1 Å². The molecule has 2 saturated heterocycles. The first-order chi connectivity index (χ1) is 49.8. The van der Waals surface area contributed by atoms with Crippen LogP contribution in [0.1, 0.15) is 298 Å². The monoisotopic (exact) mass is 1440 g/mol. The van der Waals surface area contributed by atoms with Crippen LogP contribution in [0.3, 0.4) is 0 Å². The van der Waals surface area contributed by atoms with E-state index >= 15 is 0 Å². The second-order valence-electron chi connectivity index (χ2n) is 29.5. The van der Waals surface area contributed by atoms with Crippen molar-refractivity contribution in [2.45, 2.75) is 225 Å². The normalized spacial score (nSPS) is 12.1. The van der Waals surface area contributed by atoms with Gasteiger partial charge in [-0.1, -0.05) is 178 Å². The molecule has 3 aromatic carbocycles. The lowest BCUT2D eigenvalue weighted by Crippen LogP contribution is -2.42. The smallest absolute Gasteiger partial charge is 0.271 e. The van der Waals surface area contributed by atoms with Gasteiger partial charge in [0, 0.05) is 60.0 Å². The molecule has 6 amide bonds. The van der Waals surface area contributed by atoms with Crippen molar-refractivity contribution in [2.75, 3.05) is 39.1 Å². The third kappa shape index (κ3) is 34.3. The van der Waals surface area contributed by atoms with Gasteiger partial charge in [0.1, 0.15) is 42.7 Å². The Bertz CT molecular complexity index is 3680. The number of aromatic nitrogens is 3. The average molecular weight is 1440 g/mol. The fraction of sp³-hybridized carbons (Fsp3) is 0.494. The molecule has 21 heteroatoms. The van der Waals surface area contributed by atoms with E-state index in [1.807, 2.05) is 162 Å². The molecule has 6 aromatic rings. The van der Waals surface area contributed by atoms with Crippen molar-refractivity contribution in [2.24, 2.45) is 10.8 Å². The predicted molar refractivity (Wildman–Crippen MR) is 430 cm³/mol. The van der Waals surface area contributed by atoms with E-state index in [0.717, 1.165) is 72.4 Å². The van der Waals surface area contributed by atoms with Crippen LogP contribution in [0.15, 0.2) is 127 Å². The Morgan fingerprint density at radius 1 is 0.396 bits per heavy atom. The Morgan fingerprint density at radius 2 is 0.708 bits per heavy atom. The number of carbonyl (C=O) groups excluding carboxylic acids is 6. The lowest BCUT2D eigenvalue weighted by atomic mass is 9.79. The van der Waals surface area contributed by atoms with Crippen molar-refractivity contribution >= 4 is 50.0 Å². The number of amides is 6. The van der Waals surface area contributed by atoms with E-state index in [1.165, 1.54) is 5.56 Å². The lowest BCUT2D eigenvalue weighted by Gasteiger charge is -2.18. The second-order valence-corrected chi connectivity index (χ2v) is 29.5. The Kier molecular flexibility index (Phi) is 41.5. The number of nitrogens with zero attached hydrogens (tertiary/aromatic N) is 9. The van der Waals surface area contributed by atoms with E-state index in [4.69, 9.17) is 21.0 Å². The number of nitrogens with one attached hydrogen (secondary N) is 4. The van der Waals surface area contributed by atoms with Gasteiger partial charge >= 0.3 is 0 Å². The highest BCUT2D eigenvalue weighted by Crippen LogP contribution is 2.22. The SMILES string of the molecule is CC.CC.CC(C)c1cccc(C(=O)N2C[B]CC2)c1.CC(C)c1cccc(C(=O)N2C[B]CC2)n1.CC(C)c1cccc(C(=O)NC(C)(C)C#N)c1.CC(C)c1cccc(C(=O)NC(C)(C)C#N)n1.CC(C)c1cccc(C(=O)NCC(C)(C)C#N)c1.CC(C)c1cccc(C(=O)NCC(C)(C)C#N)n1. The maximum Gasteiger partial charge on any atom is 0.271 e. The summed E-state index contributed by atoms with van der Waals surface area (Å²) in [6.45, 7) is 49.1. The third-order valence-corrected chi connectivity index (χ3v) is 16.1. The van der Waals surface area contributed by atoms with E-state index in [2.05, 4.69) is 124 Å². The molecule has 0 bridgehead atoms. The van der Waals surface area contributed by atoms with Crippen LogP contribution in [0.2, 0.25) is 12.6 Å². The molecule has 0 spiro atoms. The summed E-state index contributed by atoms with van der Waals surface area (Å²) in [6.07, 6.45) is 3.57. The van der Waals surface area contributed by atoms with E-state index < -0.39 is 21.9 Å². The molecule has 106 heavy (non-hydrogen) atoms. The maximum absolute atomic E-state index is 12.1. The van der Waals surface area contributed by atoms with Gasteiger partial charge in [0.25, 0.3) is 35.4 Å². The zero-order valence-corrected chi connectivity index (χ0v) is 67.9. The molecule has 2 radical (unpaired) electrons. The molecule has 0 aliphatic carbocycles. The molecular weight excluding hydrogens is 1320 g/mol. The van der Waals surface area contributed by atoms with Crippen LogP contribution >= 0.6 is 0 Å². The third-order valence-electron chi connectivity index (χ3n) is 16.1. The molecule has 566 valence electrons. The van der Waals surface area contributed by atoms with Crippen LogP contribution in [-0.4, -0.2) is 125 Å². The van der Waals surface area contributed by atoms with E-state index in [0.29, 0.717) is 65.0 Å². The van der Waals surface area contributed by atoms with Gasteiger partial charge in [0.2, 0.25) is 0 Å². The predicted octanol–water partition coefficient (Wildman–Crippen LogP) is 16.8. The maximum atomic E-state index is 12.1. The second kappa shape index (κ2) is 46.8. The number of rotatable bonds is 18. The molecule has 8 rings (SSSR count). The van der Waals surface area contributed by atoms with Crippen LogP contribution < -0.4 is 21.3 Å². The summed E-state index contributed by atoms with van der Waals surface area (Å²) in [5, 5.41) is 46.3. The molecule has 0 saturated carbocycles. The van der Waals surface area contributed by atoms with Gasteiger partial charge in [0.05, 0.1) is 35.1 Å². The Balaban J connectivity index is 0.000000630. The fourth-order valence-corrected chi connectivity index (χ4v) is 9.32. The number of hydrogen-bond donors (Lipinski definition) is 4. The van der Waals surface area contributed by atoms with Crippen LogP contribution in [0.4, 0.5) is 0 Å². The van der Waals surface area contributed by atoms with E-state index in [-0.39, 0.29) is 47.3 Å². The summed E-state index contributed by atoms with van der Waals surface area (Å²) >= 11 is 0. The van der Waals surface area contributed by atoms with E-state index in [9.17, 15) is 28.8 Å². The van der Waals surface area contributed by atoms with Crippen molar-refractivity contribution in [3.63, 3.8) is 0 Å². The number of hydrogen-bond acceptors (Lipinski definition) is 13. The summed E-state index contributed by atoms with van der Waals surface area (Å²) in [5.41, 5.74) is 6.79. The Morgan fingerprint density at radius 3 is 1.06 bits per heavy atom. The fourth-order valence-electron chi connectivity index (χ4n) is 9.32. The molecule has 2 fully saturated rings. The number of benzene rings is 3. The van der Waals surface area contributed by atoms with Crippen molar-refractivity contribution in [1.29, 1.82) is 21.0 Å². The van der Waals surface area contributed by atoms with Gasteiger partial charge in [0.15, 0.2) is 0 Å². The molecule has 2 aliphatic heterocycles. The van der Waals surface area contributed by atoms with Gasteiger partial charge in [-0.2, -0.15) is 21.0 Å². The van der Waals surface area contributed by atoms with Crippen molar-refractivity contribution in [3.8, 4) is 24.3 Å². The van der Waals surface area contributed by atoms with Crippen LogP contribution in [0.5, 0.6) is 0 Å². The molecule has 3 aromatic heterocycles. The molecule has 2 aliphatic rings. The first-order valence-electron chi connectivity index (χ1n) is 37.1. The van der Waals surface area contributed by atoms with Crippen molar-refractivity contribution < 1.29 is 28.8 Å². The zero-order valence-electron chi connectivity index (χ0n) is 67.9. The standard InChI is InChI=1S/C15H20N2O.C14H19N3O.C14H18N2O.C13H17BNO.C13H17N3O.C12H16BN2O.2C2H6/c1-11(2)12-6-5-7-13(8-12)14(18)17-10-15(3,4)9-16;1-10(2)11-6-5-7-12(17-11)13(18)16-9-14(3,4)8-15;1-10(2)11-6-5-7-12(8-11)13(17)16-14(3,4)9-15;1-10(2)11-4-3-5-12(8-11)13(16)15-7-6-14-9-15;1-9(2)10-6-5-7-11(15-10)12(17)16-13(3,4)8-14;1-9(2)10-4-3-5-11(14-10)12(16)15-7-6-13-8-15;2*1-2/h5-8,11H,10H2,1-4H3,(H,17,18);5-7,10H,9H2,1-4H3,(H,16,18);5-8,10H,1-4H3,(H,16,17);3-5,8,10H,6-7,9H2,1-2H3;5-7,9H,1-4H3,(H,16,17);3-5,9H,6-8H2,1-2H3;2*1-2H3. The Hall–Kier alpha value is -9.98. The number of nitriles is 4. The van der Waals surface area contributed by atoms with Crippen molar-refractivity contribution in [1.82, 2.24) is 46.0 Å². The van der Waals surface area contributed by atoms with Crippen molar-refractivity contribution in [3.05, 3.63) is 195 Å². The van der Waals surface area contributed by atoms with Crippen LogP contribution in [0, 0.1) is 56.2 Å². The highest BCUT2D eigenvalue weighted by Gasteiger charge is 2.26. The topological polar surface area (TPSA) is 291 Å². The minimum absolute atomic E-state index is 0.0521. The summed E-state index contributed by atoms with van der Waals surface area (Å²) in [4.78, 5) is 88.6.